The van der Waals surface area contributed by atoms with E-state index in [1.807, 2.05) is 12.1 Å². The second-order valence-electron chi connectivity index (χ2n) is 13.5. The highest BCUT2D eigenvalue weighted by Crippen LogP contribution is 2.26. The molecule has 4 N–H and O–H groups in total. The Morgan fingerprint density at radius 2 is 0.926 bits per heavy atom. The van der Waals surface area contributed by atoms with Gasteiger partial charge >= 0.3 is 0 Å². The highest BCUT2D eigenvalue weighted by atomic mass is 32.2. The Bertz CT molecular complexity index is 1910. The van der Waals surface area contributed by atoms with Gasteiger partial charge in [0.25, 0.3) is 20.0 Å². The number of halogens is 2. The summed E-state index contributed by atoms with van der Waals surface area (Å²) in [6.07, 6.45) is 0. The molecular formula is C38H50F2N8O4S2. The highest BCUT2D eigenvalue weighted by molar-refractivity contribution is 7.93. The lowest BCUT2D eigenvalue weighted by Crippen LogP contribution is -2.43. The molecule has 4 heterocycles. The molecular weight excluding hydrogens is 735 g/mol. The number of piperazine rings is 2. The van der Waals surface area contributed by atoms with Crippen molar-refractivity contribution in [3.05, 3.63) is 95.3 Å². The maximum Gasteiger partial charge on any atom is 0.261 e. The van der Waals surface area contributed by atoms with Crippen LogP contribution in [-0.2, 0) is 20.0 Å². The molecule has 12 nitrogen and oxygen atoms in total. The van der Waals surface area contributed by atoms with E-state index in [1.54, 1.807) is 64.1 Å². The molecule has 2 fully saturated rings. The number of benzene rings is 2. The number of anilines is 4. The third kappa shape index (κ3) is 10.4. The SMILES string of the molecule is Cc1nc(N2CCNCC2)ccc1NS(=O)(=O)c1ccc(C(C)CF)cc1.Cc1nc(N2CCNCC2)ccc1NS(=O)(=O)c1ccc([C@@H](C)CF)cc1. The monoisotopic (exact) mass is 784 g/mol. The van der Waals surface area contributed by atoms with Crippen LogP contribution < -0.4 is 29.9 Å². The van der Waals surface area contributed by atoms with Crippen LogP contribution in [0.25, 0.3) is 0 Å². The fraction of sp³-hybridized carbons (Fsp3) is 0.421. The van der Waals surface area contributed by atoms with Crippen LogP contribution in [0.2, 0.25) is 0 Å². The molecule has 292 valence electrons. The number of nitrogens with zero attached hydrogens (tertiary/aromatic N) is 4. The molecule has 0 radical (unpaired) electrons. The van der Waals surface area contributed by atoms with Crippen molar-refractivity contribution >= 4 is 43.1 Å². The average Bonchev–Trinajstić information content (AvgIpc) is 3.19. The Kier molecular flexibility index (Phi) is 13.8. The van der Waals surface area contributed by atoms with Gasteiger partial charge in [0.1, 0.15) is 11.6 Å². The van der Waals surface area contributed by atoms with Crippen molar-refractivity contribution in [1.82, 2.24) is 20.6 Å². The molecule has 2 atom stereocenters. The molecule has 0 amide bonds. The van der Waals surface area contributed by atoms with E-state index in [-0.39, 0.29) is 21.6 Å². The van der Waals surface area contributed by atoms with Crippen molar-refractivity contribution < 1.29 is 25.6 Å². The molecule has 0 bridgehead atoms. The highest BCUT2D eigenvalue weighted by Gasteiger charge is 2.20. The molecule has 0 spiro atoms. The fourth-order valence-electron chi connectivity index (χ4n) is 5.99. The molecule has 1 unspecified atom stereocenters. The number of hydrogen-bond donors (Lipinski definition) is 4. The minimum absolute atomic E-state index is 0.142. The normalized spacial score (nSPS) is 16.2. The van der Waals surface area contributed by atoms with Crippen LogP contribution in [0.1, 0.15) is 48.2 Å². The first-order valence-corrected chi connectivity index (χ1v) is 21.0. The molecule has 2 aliphatic rings. The molecule has 2 aromatic heterocycles. The largest absolute Gasteiger partial charge is 0.354 e. The van der Waals surface area contributed by atoms with E-state index >= 15 is 0 Å². The molecule has 54 heavy (non-hydrogen) atoms. The number of sulfonamides is 2. The summed E-state index contributed by atoms with van der Waals surface area (Å²) in [7, 11) is -7.46. The summed E-state index contributed by atoms with van der Waals surface area (Å²) in [4.78, 5) is 13.7. The zero-order valence-corrected chi connectivity index (χ0v) is 32.8. The molecule has 6 rings (SSSR count). The van der Waals surface area contributed by atoms with E-state index in [0.717, 1.165) is 75.1 Å². The number of nitrogens with one attached hydrogen (secondary N) is 4. The molecule has 16 heteroatoms. The van der Waals surface area contributed by atoms with Crippen molar-refractivity contribution in [3.8, 4) is 0 Å². The fourth-order valence-corrected chi connectivity index (χ4v) is 8.22. The van der Waals surface area contributed by atoms with E-state index in [9.17, 15) is 25.6 Å². The maximum absolute atomic E-state index is 12.8. The number of aromatic nitrogens is 2. The van der Waals surface area contributed by atoms with Crippen molar-refractivity contribution in [1.29, 1.82) is 0 Å². The molecule has 0 saturated carbocycles. The number of aryl methyl sites for hydroxylation is 2. The van der Waals surface area contributed by atoms with Crippen LogP contribution in [0.3, 0.4) is 0 Å². The molecule has 0 aliphatic carbocycles. The average molecular weight is 785 g/mol. The van der Waals surface area contributed by atoms with Gasteiger partial charge in [-0.25, -0.2) is 26.8 Å². The molecule has 2 aromatic carbocycles. The second kappa shape index (κ2) is 18.3. The summed E-state index contributed by atoms with van der Waals surface area (Å²) in [5.74, 6) is 1.19. The van der Waals surface area contributed by atoms with Gasteiger partial charge < -0.3 is 20.4 Å². The zero-order valence-electron chi connectivity index (χ0n) is 31.1. The van der Waals surface area contributed by atoms with Crippen LogP contribution in [0.5, 0.6) is 0 Å². The molecule has 2 saturated heterocycles. The standard InChI is InChI=1S/2C19H25FN4O2S/c2*1-14(13-20)16-3-5-17(6-4-16)27(25,26)23-18-7-8-19(22-15(18)2)24-11-9-21-10-12-24/h2*3-8,14,21,23H,9-13H2,1-2H3/t14-;/m0./s1. The van der Waals surface area contributed by atoms with E-state index in [0.29, 0.717) is 22.8 Å². The summed E-state index contributed by atoms with van der Waals surface area (Å²) >= 11 is 0. The number of alkyl halides is 2. The van der Waals surface area contributed by atoms with Crippen molar-refractivity contribution in [3.63, 3.8) is 0 Å². The first-order chi connectivity index (χ1) is 25.8. The zero-order chi connectivity index (χ0) is 38.9. The molecule has 2 aliphatic heterocycles. The third-order valence-corrected chi connectivity index (χ3v) is 12.3. The number of pyridine rings is 2. The van der Waals surface area contributed by atoms with E-state index in [4.69, 9.17) is 0 Å². The Balaban J connectivity index is 0.000000208. The lowest BCUT2D eigenvalue weighted by molar-refractivity contribution is 0.447. The minimum Gasteiger partial charge on any atom is -0.354 e. The van der Waals surface area contributed by atoms with Crippen LogP contribution in [0, 0.1) is 13.8 Å². The van der Waals surface area contributed by atoms with E-state index in [1.165, 1.54) is 24.3 Å². The van der Waals surface area contributed by atoms with Gasteiger partial charge in [0.15, 0.2) is 0 Å². The Hall–Kier alpha value is -4.38. The van der Waals surface area contributed by atoms with Gasteiger partial charge in [-0.1, -0.05) is 38.1 Å². The summed E-state index contributed by atoms with van der Waals surface area (Å²) in [5, 5.41) is 6.58. The van der Waals surface area contributed by atoms with Gasteiger partial charge in [-0.05, 0) is 73.5 Å². The first-order valence-electron chi connectivity index (χ1n) is 18.1. The van der Waals surface area contributed by atoms with E-state index in [2.05, 4.69) is 39.8 Å². The lowest BCUT2D eigenvalue weighted by atomic mass is 10.0. The van der Waals surface area contributed by atoms with Crippen molar-refractivity contribution in [2.24, 2.45) is 0 Å². The van der Waals surface area contributed by atoms with Crippen LogP contribution in [0.15, 0.2) is 82.6 Å². The summed E-state index contributed by atoms with van der Waals surface area (Å²) in [5.41, 5.74) is 3.70. The Labute approximate surface area is 317 Å². The van der Waals surface area contributed by atoms with Gasteiger partial charge in [0, 0.05) is 64.2 Å². The quantitative estimate of drug-likeness (QED) is 0.148. The van der Waals surface area contributed by atoms with E-state index < -0.39 is 33.4 Å². The van der Waals surface area contributed by atoms with Crippen molar-refractivity contribution in [2.75, 3.05) is 85.0 Å². The predicted octanol–water partition coefficient (Wildman–Crippen LogP) is 5.35. The summed E-state index contributed by atoms with van der Waals surface area (Å²) in [6.45, 7) is 13.3. The number of rotatable bonds is 12. The lowest BCUT2D eigenvalue weighted by Gasteiger charge is -2.28. The topological polar surface area (TPSA) is 149 Å². The van der Waals surface area contributed by atoms with Gasteiger partial charge in [0.2, 0.25) is 0 Å². The smallest absolute Gasteiger partial charge is 0.261 e. The second-order valence-corrected chi connectivity index (χ2v) is 16.9. The van der Waals surface area contributed by atoms with Crippen molar-refractivity contribution in [2.45, 2.75) is 49.3 Å². The third-order valence-electron chi connectivity index (χ3n) is 9.49. The Morgan fingerprint density at radius 3 is 1.22 bits per heavy atom. The first kappa shape index (κ1) is 40.8. The van der Waals surface area contributed by atoms with Crippen LogP contribution >= 0.6 is 0 Å². The summed E-state index contributed by atoms with van der Waals surface area (Å²) < 4.78 is 81.4. The van der Waals surface area contributed by atoms with Crippen LogP contribution in [0.4, 0.5) is 31.8 Å². The minimum atomic E-state index is -3.73. The maximum atomic E-state index is 12.8. The van der Waals surface area contributed by atoms with Gasteiger partial charge in [-0.2, -0.15) is 0 Å². The van der Waals surface area contributed by atoms with Gasteiger partial charge in [-0.15, -0.1) is 0 Å². The van der Waals surface area contributed by atoms with Gasteiger partial charge in [0.05, 0.1) is 45.9 Å². The number of hydrogen-bond acceptors (Lipinski definition) is 10. The van der Waals surface area contributed by atoms with Gasteiger partial charge in [-0.3, -0.25) is 18.2 Å². The molecule has 4 aromatic rings. The predicted molar refractivity (Wildman–Crippen MR) is 211 cm³/mol. The summed E-state index contributed by atoms with van der Waals surface area (Å²) in [6, 6.07) is 19.8. The van der Waals surface area contributed by atoms with Crippen LogP contribution in [-0.4, -0.2) is 92.5 Å². The Morgan fingerprint density at radius 1 is 0.593 bits per heavy atom.